The van der Waals surface area contributed by atoms with Gasteiger partial charge >= 0.3 is 0 Å². The zero-order valence-corrected chi connectivity index (χ0v) is 8.86. The van der Waals surface area contributed by atoms with E-state index < -0.39 is 0 Å². The van der Waals surface area contributed by atoms with Gasteiger partial charge in [0.2, 0.25) is 0 Å². The van der Waals surface area contributed by atoms with Crippen molar-refractivity contribution in [2.45, 2.75) is 32.8 Å². The molecule has 1 N–H and O–H groups in total. The minimum Gasteiger partial charge on any atom is -0.508 e. The standard InChI is InChI=1S/C12H18O2/c1-3-14-10(2)4-5-11-6-8-12(13)9-7-11/h6-10,13H,3-5H2,1-2H3. The van der Waals surface area contributed by atoms with E-state index in [1.807, 2.05) is 19.1 Å². The van der Waals surface area contributed by atoms with Gasteiger partial charge in [0.15, 0.2) is 0 Å². The van der Waals surface area contributed by atoms with Crippen molar-refractivity contribution in [2.75, 3.05) is 6.61 Å². The Bertz CT molecular complexity index is 254. The molecule has 1 rings (SSSR count). The lowest BCUT2D eigenvalue weighted by atomic mass is 10.1. The second-order valence-corrected chi connectivity index (χ2v) is 3.47. The molecule has 0 aliphatic rings. The molecule has 78 valence electrons. The first kappa shape index (κ1) is 11.1. The molecule has 1 unspecified atom stereocenters. The van der Waals surface area contributed by atoms with Crippen LogP contribution in [0.4, 0.5) is 0 Å². The normalized spacial score (nSPS) is 12.7. The van der Waals surface area contributed by atoms with Gasteiger partial charge in [-0.05, 0) is 44.4 Å². The Balaban J connectivity index is 2.34. The maximum absolute atomic E-state index is 9.09. The van der Waals surface area contributed by atoms with Gasteiger partial charge in [0, 0.05) is 6.61 Å². The highest BCUT2D eigenvalue weighted by Crippen LogP contribution is 2.12. The van der Waals surface area contributed by atoms with Gasteiger partial charge in [-0.3, -0.25) is 0 Å². The van der Waals surface area contributed by atoms with Gasteiger partial charge in [-0.15, -0.1) is 0 Å². The third kappa shape index (κ3) is 3.79. The van der Waals surface area contributed by atoms with Gasteiger partial charge in [0.1, 0.15) is 5.75 Å². The maximum atomic E-state index is 9.09. The summed E-state index contributed by atoms with van der Waals surface area (Å²) in [4.78, 5) is 0. The Morgan fingerprint density at radius 1 is 1.29 bits per heavy atom. The lowest BCUT2D eigenvalue weighted by molar-refractivity contribution is 0.0706. The molecule has 0 aliphatic carbocycles. The van der Waals surface area contributed by atoms with Crippen molar-refractivity contribution in [1.29, 1.82) is 0 Å². The summed E-state index contributed by atoms with van der Waals surface area (Å²) >= 11 is 0. The minimum atomic E-state index is 0.314. The molecule has 0 heterocycles. The third-order valence-electron chi connectivity index (χ3n) is 2.23. The Hall–Kier alpha value is -1.02. The Kier molecular flexibility index (Phi) is 4.47. The number of aromatic hydroxyl groups is 1. The summed E-state index contributed by atoms with van der Waals surface area (Å²) in [7, 11) is 0. The number of rotatable bonds is 5. The largest absolute Gasteiger partial charge is 0.508 e. The molecule has 0 fully saturated rings. The van der Waals surface area contributed by atoms with Crippen LogP contribution in [0.1, 0.15) is 25.8 Å². The first-order valence-corrected chi connectivity index (χ1v) is 5.12. The highest BCUT2D eigenvalue weighted by Gasteiger charge is 2.01. The number of ether oxygens (including phenoxy) is 1. The molecule has 0 radical (unpaired) electrons. The lowest BCUT2D eigenvalue weighted by Crippen LogP contribution is -2.08. The number of phenolic OH excluding ortho intramolecular Hbond substituents is 1. The van der Waals surface area contributed by atoms with Crippen LogP contribution >= 0.6 is 0 Å². The number of phenols is 1. The van der Waals surface area contributed by atoms with Crippen LogP contribution in [0.15, 0.2) is 24.3 Å². The van der Waals surface area contributed by atoms with Crippen molar-refractivity contribution >= 4 is 0 Å². The van der Waals surface area contributed by atoms with Crippen LogP contribution in [0.2, 0.25) is 0 Å². The topological polar surface area (TPSA) is 29.5 Å². The second kappa shape index (κ2) is 5.66. The Morgan fingerprint density at radius 2 is 1.93 bits per heavy atom. The molecule has 2 heteroatoms. The summed E-state index contributed by atoms with van der Waals surface area (Å²) in [6.07, 6.45) is 2.34. The van der Waals surface area contributed by atoms with Crippen molar-refractivity contribution in [3.8, 4) is 5.75 Å². The van der Waals surface area contributed by atoms with Gasteiger partial charge in [-0.25, -0.2) is 0 Å². The number of benzene rings is 1. The molecule has 2 nitrogen and oxygen atoms in total. The lowest BCUT2D eigenvalue weighted by Gasteiger charge is -2.10. The van der Waals surface area contributed by atoms with Crippen LogP contribution in [0.25, 0.3) is 0 Å². The Labute approximate surface area is 85.5 Å². The average Bonchev–Trinajstić information content (AvgIpc) is 2.17. The molecular formula is C12H18O2. The summed E-state index contributed by atoms with van der Waals surface area (Å²) in [6.45, 7) is 4.87. The van der Waals surface area contributed by atoms with E-state index in [-0.39, 0.29) is 0 Å². The van der Waals surface area contributed by atoms with Gasteiger partial charge in [0.05, 0.1) is 6.10 Å². The summed E-state index contributed by atoms with van der Waals surface area (Å²) < 4.78 is 5.44. The predicted octanol–water partition coefficient (Wildman–Crippen LogP) is 2.75. The van der Waals surface area contributed by atoms with Crippen molar-refractivity contribution < 1.29 is 9.84 Å². The molecule has 1 aromatic rings. The van der Waals surface area contributed by atoms with E-state index >= 15 is 0 Å². The van der Waals surface area contributed by atoms with E-state index in [4.69, 9.17) is 9.84 Å². The van der Waals surface area contributed by atoms with E-state index in [1.54, 1.807) is 12.1 Å². The average molecular weight is 194 g/mol. The molecule has 0 spiro atoms. The molecule has 0 saturated carbocycles. The molecule has 0 aromatic heterocycles. The highest BCUT2D eigenvalue weighted by molar-refractivity contribution is 5.25. The highest BCUT2D eigenvalue weighted by atomic mass is 16.5. The van der Waals surface area contributed by atoms with Crippen LogP contribution < -0.4 is 0 Å². The van der Waals surface area contributed by atoms with Crippen LogP contribution in [-0.4, -0.2) is 17.8 Å². The first-order chi connectivity index (χ1) is 6.72. The molecule has 0 bridgehead atoms. The number of hydrogen-bond acceptors (Lipinski definition) is 2. The SMILES string of the molecule is CCOC(C)CCc1ccc(O)cc1. The van der Waals surface area contributed by atoms with Gasteiger partial charge < -0.3 is 9.84 Å². The molecule has 14 heavy (non-hydrogen) atoms. The Morgan fingerprint density at radius 3 is 2.50 bits per heavy atom. The summed E-state index contributed by atoms with van der Waals surface area (Å²) in [5.74, 6) is 0.326. The van der Waals surface area contributed by atoms with Crippen molar-refractivity contribution in [1.82, 2.24) is 0 Å². The summed E-state index contributed by atoms with van der Waals surface area (Å²) in [5.41, 5.74) is 1.24. The zero-order chi connectivity index (χ0) is 10.4. The molecule has 0 aliphatic heterocycles. The molecule has 1 atom stereocenters. The van der Waals surface area contributed by atoms with Crippen LogP contribution in [-0.2, 0) is 11.2 Å². The van der Waals surface area contributed by atoms with Crippen LogP contribution in [0.5, 0.6) is 5.75 Å². The first-order valence-electron chi connectivity index (χ1n) is 5.12. The summed E-state index contributed by atoms with van der Waals surface area (Å²) in [5, 5.41) is 9.09. The van der Waals surface area contributed by atoms with E-state index in [2.05, 4.69) is 6.92 Å². The second-order valence-electron chi connectivity index (χ2n) is 3.47. The fraction of sp³-hybridized carbons (Fsp3) is 0.500. The van der Waals surface area contributed by atoms with Crippen LogP contribution in [0, 0.1) is 0 Å². The monoisotopic (exact) mass is 194 g/mol. The number of aryl methyl sites for hydroxylation is 1. The van der Waals surface area contributed by atoms with Gasteiger partial charge in [0.25, 0.3) is 0 Å². The fourth-order valence-electron chi connectivity index (χ4n) is 1.40. The quantitative estimate of drug-likeness (QED) is 0.781. The fourth-order valence-corrected chi connectivity index (χ4v) is 1.40. The minimum absolute atomic E-state index is 0.314. The molecular weight excluding hydrogens is 176 g/mol. The summed E-state index contributed by atoms with van der Waals surface area (Å²) in [6, 6.07) is 7.35. The van der Waals surface area contributed by atoms with Crippen molar-refractivity contribution in [3.05, 3.63) is 29.8 Å². The molecule has 1 aromatic carbocycles. The predicted molar refractivity (Wildman–Crippen MR) is 57.5 cm³/mol. The smallest absolute Gasteiger partial charge is 0.115 e. The van der Waals surface area contributed by atoms with E-state index in [0.717, 1.165) is 19.4 Å². The molecule has 0 saturated heterocycles. The van der Waals surface area contributed by atoms with Crippen molar-refractivity contribution in [2.24, 2.45) is 0 Å². The maximum Gasteiger partial charge on any atom is 0.115 e. The molecule has 0 amide bonds. The van der Waals surface area contributed by atoms with E-state index in [1.165, 1.54) is 5.56 Å². The van der Waals surface area contributed by atoms with E-state index in [0.29, 0.717) is 11.9 Å². The van der Waals surface area contributed by atoms with Gasteiger partial charge in [-0.2, -0.15) is 0 Å². The van der Waals surface area contributed by atoms with Crippen molar-refractivity contribution in [3.63, 3.8) is 0 Å². The van der Waals surface area contributed by atoms with Gasteiger partial charge in [-0.1, -0.05) is 12.1 Å². The third-order valence-corrected chi connectivity index (χ3v) is 2.23. The van der Waals surface area contributed by atoms with Crippen LogP contribution in [0.3, 0.4) is 0 Å². The number of hydrogen-bond donors (Lipinski definition) is 1. The van der Waals surface area contributed by atoms with E-state index in [9.17, 15) is 0 Å². The zero-order valence-electron chi connectivity index (χ0n) is 8.86.